The molecule has 0 aliphatic rings. The van der Waals surface area contributed by atoms with Crippen LogP contribution in [0.3, 0.4) is 0 Å². The number of hydrogen-bond donors (Lipinski definition) is 2. The lowest BCUT2D eigenvalue weighted by atomic mass is 9.92. The molecule has 0 radical (unpaired) electrons. The fourth-order valence-electron chi connectivity index (χ4n) is 1.64. The molecule has 0 aromatic heterocycles. The largest absolute Gasteiger partial charge is 0.480 e. The van der Waals surface area contributed by atoms with Crippen molar-refractivity contribution >= 4 is 17.7 Å². The predicted molar refractivity (Wildman–Crippen MR) is 75.9 cm³/mol. The van der Waals surface area contributed by atoms with Crippen LogP contribution in [-0.2, 0) is 11.2 Å². The molecule has 0 aliphatic carbocycles. The highest BCUT2D eigenvalue weighted by Crippen LogP contribution is 2.35. The van der Waals surface area contributed by atoms with Gasteiger partial charge in [-0.1, -0.05) is 32.9 Å². The third-order valence-corrected chi connectivity index (χ3v) is 4.31. The minimum Gasteiger partial charge on any atom is -0.480 e. The summed E-state index contributed by atoms with van der Waals surface area (Å²) in [5.41, 5.74) is 6.41. The molecule has 0 saturated carbocycles. The van der Waals surface area contributed by atoms with E-state index in [2.05, 4.69) is 0 Å². The minimum absolute atomic E-state index is 0.271. The van der Waals surface area contributed by atoms with Crippen LogP contribution in [0.4, 0.5) is 0 Å². The standard InChI is InChI=1S/C14H21NO2S/c1-14(2,3)12(13(16)17)18-11-6-4-10(5-7-11)8-9-15/h4-7,12H,8-9,15H2,1-3H3,(H,16,17). The zero-order valence-electron chi connectivity index (χ0n) is 11.1. The number of carbonyl (C=O) groups is 1. The highest BCUT2D eigenvalue weighted by atomic mass is 32.2. The van der Waals surface area contributed by atoms with Crippen molar-refractivity contribution in [3.05, 3.63) is 29.8 Å². The molecule has 4 heteroatoms. The summed E-state index contributed by atoms with van der Waals surface area (Å²) in [7, 11) is 0. The van der Waals surface area contributed by atoms with E-state index in [1.54, 1.807) is 0 Å². The number of carboxylic acids is 1. The summed E-state index contributed by atoms with van der Waals surface area (Å²) in [5, 5.41) is 8.83. The Morgan fingerprint density at radius 3 is 2.28 bits per heavy atom. The third-order valence-electron chi connectivity index (χ3n) is 2.62. The monoisotopic (exact) mass is 267 g/mol. The lowest BCUT2D eigenvalue weighted by Crippen LogP contribution is -2.31. The van der Waals surface area contributed by atoms with Gasteiger partial charge in [-0.3, -0.25) is 4.79 Å². The maximum Gasteiger partial charge on any atom is 0.317 e. The van der Waals surface area contributed by atoms with Crippen LogP contribution in [-0.4, -0.2) is 22.9 Å². The molecule has 0 amide bonds. The van der Waals surface area contributed by atoms with Crippen molar-refractivity contribution in [2.24, 2.45) is 11.1 Å². The first kappa shape index (κ1) is 15.1. The number of hydrogen-bond acceptors (Lipinski definition) is 3. The molecule has 3 N–H and O–H groups in total. The van der Waals surface area contributed by atoms with Gasteiger partial charge in [-0.2, -0.15) is 0 Å². The van der Waals surface area contributed by atoms with Gasteiger partial charge in [-0.05, 0) is 36.1 Å². The van der Waals surface area contributed by atoms with Gasteiger partial charge in [0.1, 0.15) is 5.25 Å². The average Bonchev–Trinajstić information content (AvgIpc) is 2.26. The quantitative estimate of drug-likeness (QED) is 0.805. The van der Waals surface area contributed by atoms with Crippen molar-refractivity contribution in [2.45, 2.75) is 37.3 Å². The molecule has 1 unspecified atom stereocenters. The summed E-state index contributed by atoms with van der Waals surface area (Å²) in [6, 6.07) is 7.96. The molecular weight excluding hydrogens is 246 g/mol. The molecular formula is C14H21NO2S. The van der Waals surface area contributed by atoms with E-state index in [4.69, 9.17) is 5.73 Å². The molecule has 1 aromatic rings. The Kier molecular flexibility index (Phi) is 5.23. The first-order valence-corrected chi connectivity index (χ1v) is 6.91. The van der Waals surface area contributed by atoms with E-state index in [9.17, 15) is 9.90 Å². The number of benzene rings is 1. The van der Waals surface area contributed by atoms with Gasteiger partial charge < -0.3 is 10.8 Å². The normalized spacial score (nSPS) is 13.3. The highest BCUT2D eigenvalue weighted by Gasteiger charge is 2.32. The SMILES string of the molecule is CC(C)(C)C(Sc1ccc(CCN)cc1)C(=O)O. The van der Waals surface area contributed by atoms with Crippen molar-refractivity contribution in [2.75, 3.05) is 6.54 Å². The number of aliphatic carboxylic acids is 1. The predicted octanol–water partition coefficient (Wildman–Crippen LogP) is 2.78. The van der Waals surface area contributed by atoms with Gasteiger partial charge >= 0.3 is 5.97 Å². The van der Waals surface area contributed by atoms with Crippen LogP contribution >= 0.6 is 11.8 Å². The van der Waals surface area contributed by atoms with Gasteiger partial charge in [-0.15, -0.1) is 11.8 Å². The van der Waals surface area contributed by atoms with Crippen molar-refractivity contribution in [3.63, 3.8) is 0 Å². The van der Waals surface area contributed by atoms with Crippen molar-refractivity contribution in [1.29, 1.82) is 0 Å². The maximum absolute atomic E-state index is 11.3. The second kappa shape index (κ2) is 6.25. The summed E-state index contributed by atoms with van der Waals surface area (Å²) in [5.74, 6) is -0.765. The van der Waals surface area contributed by atoms with Gasteiger partial charge in [0.05, 0.1) is 0 Å². The Labute approximate surface area is 113 Å². The molecule has 1 rings (SSSR count). The molecule has 3 nitrogen and oxygen atoms in total. The maximum atomic E-state index is 11.3. The average molecular weight is 267 g/mol. The Morgan fingerprint density at radius 1 is 1.33 bits per heavy atom. The highest BCUT2D eigenvalue weighted by molar-refractivity contribution is 8.00. The van der Waals surface area contributed by atoms with E-state index in [-0.39, 0.29) is 5.41 Å². The molecule has 0 heterocycles. The van der Waals surface area contributed by atoms with Crippen LogP contribution in [0.25, 0.3) is 0 Å². The number of nitrogens with two attached hydrogens (primary N) is 1. The molecule has 18 heavy (non-hydrogen) atoms. The van der Waals surface area contributed by atoms with Crippen LogP contribution in [0.1, 0.15) is 26.3 Å². The zero-order valence-corrected chi connectivity index (χ0v) is 12.0. The van der Waals surface area contributed by atoms with Crippen LogP contribution in [0.15, 0.2) is 29.2 Å². The molecule has 100 valence electrons. The Morgan fingerprint density at radius 2 is 1.89 bits per heavy atom. The summed E-state index contributed by atoms with van der Waals surface area (Å²) >= 11 is 1.40. The van der Waals surface area contributed by atoms with E-state index < -0.39 is 11.2 Å². The smallest absolute Gasteiger partial charge is 0.317 e. The van der Waals surface area contributed by atoms with E-state index in [0.717, 1.165) is 11.3 Å². The van der Waals surface area contributed by atoms with Crippen molar-refractivity contribution < 1.29 is 9.90 Å². The van der Waals surface area contributed by atoms with Gasteiger partial charge in [0.2, 0.25) is 0 Å². The third kappa shape index (κ3) is 4.35. The number of thioether (sulfide) groups is 1. The molecule has 1 aromatic carbocycles. The van der Waals surface area contributed by atoms with Gasteiger partial charge in [0, 0.05) is 4.90 Å². The van der Waals surface area contributed by atoms with E-state index >= 15 is 0 Å². The zero-order chi connectivity index (χ0) is 13.8. The van der Waals surface area contributed by atoms with Crippen LogP contribution in [0, 0.1) is 5.41 Å². The molecule has 0 aliphatic heterocycles. The van der Waals surface area contributed by atoms with Crippen LogP contribution in [0.5, 0.6) is 0 Å². The van der Waals surface area contributed by atoms with Gasteiger partial charge in [0.15, 0.2) is 0 Å². The summed E-state index contributed by atoms with van der Waals surface area (Å²) in [6.07, 6.45) is 0.854. The van der Waals surface area contributed by atoms with Crippen molar-refractivity contribution in [3.8, 4) is 0 Å². The van der Waals surface area contributed by atoms with E-state index in [0.29, 0.717) is 6.54 Å². The number of rotatable bonds is 5. The molecule has 0 fully saturated rings. The molecule has 0 spiro atoms. The lowest BCUT2D eigenvalue weighted by molar-refractivity contribution is -0.138. The second-order valence-corrected chi connectivity index (χ2v) is 6.56. The van der Waals surface area contributed by atoms with Gasteiger partial charge in [0.25, 0.3) is 0 Å². The van der Waals surface area contributed by atoms with Crippen LogP contribution < -0.4 is 5.73 Å². The summed E-state index contributed by atoms with van der Waals surface area (Å²) < 4.78 is 0. The Balaban J connectivity index is 2.79. The van der Waals surface area contributed by atoms with Gasteiger partial charge in [-0.25, -0.2) is 0 Å². The molecule has 0 bridgehead atoms. The van der Waals surface area contributed by atoms with Crippen molar-refractivity contribution in [1.82, 2.24) is 0 Å². The van der Waals surface area contributed by atoms with Crippen LogP contribution in [0.2, 0.25) is 0 Å². The molecule has 1 atom stereocenters. The molecule has 0 saturated heterocycles. The minimum atomic E-state index is -0.765. The topological polar surface area (TPSA) is 63.3 Å². The lowest BCUT2D eigenvalue weighted by Gasteiger charge is -2.26. The summed E-state index contributed by atoms with van der Waals surface area (Å²) in [4.78, 5) is 12.3. The van der Waals surface area contributed by atoms with E-state index in [1.807, 2.05) is 45.0 Å². The fourth-order valence-corrected chi connectivity index (χ4v) is 2.65. The Bertz CT molecular complexity index is 395. The number of carboxylic acid groups (broad SMARTS) is 1. The second-order valence-electron chi connectivity index (χ2n) is 5.38. The fraction of sp³-hybridized carbons (Fsp3) is 0.500. The van der Waals surface area contributed by atoms with E-state index in [1.165, 1.54) is 17.3 Å². The first-order valence-electron chi connectivity index (χ1n) is 6.03. The first-order chi connectivity index (χ1) is 8.34. The summed E-state index contributed by atoms with van der Waals surface area (Å²) in [6.45, 7) is 6.47. The Hall–Kier alpha value is -1.00.